The average molecular weight is 187 g/mol. The zero-order valence-corrected chi connectivity index (χ0v) is 8.28. The Bertz CT molecular complexity index is 292. The molecule has 1 nitrogen and oxygen atoms in total. The van der Waals surface area contributed by atoms with Crippen LogP contribution in [0.15, 0.2) is 30.3 Å². The molecule has 1 atom stereocenters. The number of hydrogen-bond donors (Lipinski definition) is 0. The first kappa shape index (κ1) is 9.32. The Labute approximate surface area is 85.4 Å². The molecule has 73 valence electrons. The molecule has 1 aliphatic heterocycles. The first-order valence-electron chi connectivity index (χ1n) is 5.18. The lowest BCUT2D eigenvalue weighted by Gasteiger charge is -2.08. The van der Waals surface area contributed by atoms with Crippen molar-refractivity contribution in [1.82, 2.24) is 0 Å². The number of fused-ring (bicyclic) bond motifs is 1. The van der Waals surface area contributed by atoms with Gasteiger partial charge in [-0.3, -0.25) is 0 Å². The minimum atomic E-state index is 0.368. The molecule has 0 bridgehead atoms. The van der Waals surface area contributed by atoms with E-state index in [9.17, 15) is 0 Å². The normalized spacial score (nSPS) is 18.7. The lowest BCUT2D eigenvalue weighted by Crippen LogP contribution is -2.12. The number of hydrogen-bond acceptors (Lipinski definition) is 1. The molecule has 0 spiro atoms. The maximum atomic E-state index is 5.80. The minimum Gasteiger partial charge on any atom is -0.490 e. The molecule has 0 aliphatic carbocycles. The Morgan fingerprint density at radius 1 is 1.43 bits per heavy atom. The topological polar surface area (TPSA) is 9.23 Å². The van der Waals surface area contributed by atoms with Crippen molar-refractivity contribution in [3.8, 4) is 5.75 Å². The van der Waals surface area contributed by atoms with Crippen molar-refractivity contribution >= 4 is 0 Å². The molecule has 0 aromatic heterocycles. The summed E-state index contributed by atoms with van der Waals surface area (Å²) in [6.45, 7) is 5.33. The van der Waals surface area contributed by atoms with E-state index in [0.717, 1.165) is 31.4 Å². The van der Waals surface area contributed by atoms with E-state index in [-0.39, 0.29) is 0 Å². The van der Waals surface area contributed by atoms with Crippen LogP contribution in [-0.2, 0) is 6.42 Å². The van der Waals surface area contributed by atoms with Crippen LogP contribution in [-0.4, -0.2) is 6.10 Å². The third kappa shape index (κ3) is 1.98. The second-order valence-corrected chi connectivity index (χ2v) is 3.72. The fourth-order valence-electron chi connectivity index (χ4n) is 1.88. The summed E-state index contributed by atoms with van der Waals surface area (Å²) in [6.07, 6.45) is 6.35. The van der Waals surface area contributed by atoms with Crippen molar-refractivity contribution in [2.24, 2.45) is 0 Å². The van der Waals surface area contributed by atoms with Crippen molar-refractivity contribution in [3.05, 3.63) is 42.5 Å². The number of rotatable bonds is 4. The lowest BCUT2D eigenvalue weighted by molar-refractivity contribution is 0.218. The standard InChI is InChI=1S/C13H15O/c1-2-3-4-8-12-10-11-7-5-6-9-13(11)14-12/h1-2,5-7,9,12H,3-4,8,10H2. The molecular formula is C13H15O. The van der Waals surface area contributed by atoms with Gasteiger partial charge in [0.15, 0.2) is 0 Å². The van der Waals surface area contributed by atoms with Crippen LogP contribution in [0.4, 0.5) is 0 Å². The van der Waals surface area contributed by atoms with E-state index in [1.165, 1.54) is 5.56 Å². The fourth-order valence-corrected chi connectivity index (χ4v) is 1.88. The summed E-state index contributed by atoms with van der Waals surface area (Å²) in [7, 11) is 0. The van der Waals surface area contributed by atoms with E-state index in [1.54, 1.807) is 6.08 Å². The third-order valence-electron chi connectivity index (χ3n) is 2.61. The van der Waals surface area contributed by atoms with Gasteiger partial charge in [-0.25, -0.2) is 0 Å². The SMILES string of the molecule is [CH]=CCCCC1Cc2ccccc2O1. The summed E-state index contributed by atoms with van der Waals surface area (Å²) < 4.78 is 5.80. The van der Waals surface area contributed by atoms with Crippen LogP contribution < -0.4 is 4.74 Å². The number of para-hydroxylation sites is 1. The highest BCUT2D eigenvalue weighted by Crippen LogP contribution is 2.29. The van der Waals surface area contributed by atoms with Crippen LogP contribution in [0.3, 0.4) is 0 Å². The highest BCUT2D eigenvalue weighted by molar-refractivity contribution is 5.37. The van der Waals surface area contributed by atoms with E-state index in [1.807, 2.05) is 12.1 Å². The van der Waals surface area contributed by atoms with Crippen LogP contribution >= 0.6 is 0 Å². The molecule has 2 rings (SSSR count). The first-order valence-corrected chi connectivity index (χ1v) is 5.18. The molecule has 0 amide bonds. The summed E-state index contributed by atoms with van der Waals surface area (Å²) in [4.78, 5) is 0. The monoisotopic (exact) mass is 187 g/mol. The van der Waals surface area contributed by atoms with Gasteiger partial charge in [-0.15, -0.1) is 0 Å². The van der Waals surface area contributed by atoms with Crippen LogP contribution in [0, 0.1) is 6.58 Å². The van der Waals surface area contributed by atoms with E-state index < -0.39 is 0 Å². The van der Waals surface area contributed by atoms with Gasteiger partial charge < -0.3 is 4.74 Å². The quantitative estimate of drug-likeness (QED) is 0.658. The Kier molecular flexibility index (Phi) is 2.87. The predicted octanol–water partition coefficient (Wildman–Crippen LogP) is 3.15. The number of allylic oxidation sites excluding steroid dienone is 1. The van der Waals surface area contributed by atoms with E-state index in [4.69, 9.17) is 11.3 Å². The predicted molar refractivity (Wildman–Crippen MR) is 57.3 cm³/mol. The number of unbranched alkanes of at least 4 members (excludes halogenated alkanes) is 1. The van der Waals surface area contributed by atoms with Crippen molar-refractivity contribution in [2.75, 3.05) is 0 Å². The third-order valence-corrected chi connectivity index (χ3v) is 2.61. The molecule has 1 heterocycles. The molecule has 1 aliphatic rings. The first-order chi connectivity index (χ1) is 6.90. The highest BCUT2D eigenvalue weighted by Gasteiger charge is 2.21. The summed E-state index contributed by atoms with van der Waals surface area (Å²) in [5.41, 5.74) is 1.34. The van der Waals surface area contributed by atoms with Gasteiger partial charge in [-0.1, -0.05) is 30.9 Å². The van der Waals surface area contributed by atoms with Gasteiger partial charge in [0.2, 0.25) is 0 Å². The summed E-state index contributed by atoms with van der Waals surface area (Å²) in [6, 6.07) is 8.28. The second kappa shape index (κ2) is 4.32. The highest BCUT2D eigenvalue weighted by atomic mass is 16.5. The van der Waals surface area contributed by atoms with Crippen LogP contribution in [0.5, 0.6) is 5.75 Å². The number of ether oxygens (including phenoxy) is 1. The molecule has 0 saturated heterocycles. The van der Waals surface area contributed by atoms with Crippen molar-refractivity contribution in [1.29, 1.82) is 0 Å². The Hall–Kier alpha value is -1.24. The van der Waals surface area contributed by atoms with Crippen molar-refractivity contribution in [3.63, 3.8) is 0 Å². The maximum absolute atomic E-state index is 5.80. The van der Waals surface area contributed by atoms with E-state index >= 15 is 0 Å². The minimum absolute atomic E-state index is 0.368. The molecule has 0 fully saturated rings. The zero-order valence-electron chi connectivity index (χ0n) is 8.28. The van der Waals surface area contributed by atoms with Gasteiger partial charge in [0, 0.05) is 6.42 Å². The van der Waals surface area contributed by atoms with Gasteiger partial charge in [0.25, 0.3) is 0 Å². The largest absolute Gasteiger partial charge is 0.490 e. The van der Waals surface area contributed by atoms with Gasteiger partial charge in [0.05, 0.1) is 0 Å². The summed E-state index contributed by atoms with van der Waals surface area (Å²) in [5, 5.41) is 0. The molecule has 1 aromatic carbocycles. The van der Waals surface area contributed by atoms with Gasteiger partial charge >= 0.3 is 0 Å². The Morgan fingerprint density at radius 2 is 2.29 bits per heavy atom. The molecule has 14 heavy (non-hydrogen) atoms. The Balaban J connectivity index is 1.88. The van der Waals surface area contributed by atoms with Gasteiger partial charge in [-0.2, -0.15) is 0 Å². The Morgan fingerprint density at radius 3 is 3.07 bits per heavy atom. The summed E-state index contributed by atoms with van der Waals surface area (Å²) >= 11 is 0. The van der Waals surface area contributed by atoms with Gasteiger partial charge in [-0.05, 0) is 30.9 Å². The van der Waals surface area contributed by atoms with E-state index in [0.29, 0.717) is 6.10 Å². The zero-order chi connectivity index (χ0) is 9.80. The summed E-state index contributed by atoms with van der Waals surface area (Å²) in [5.74, 6) is 1.06. The second-order valence-electron chi connectivity index (χ2n) is 3.72. The molecule has 1 radical (unpaired) electrons. The average Bonchev–Trinajstić information content (AvgIpc) is 2.60. The molecule has 1 heteroatoms. The number of benzene rings is 1. The van der Waals surface area contributed by atoms with Crippen molar-refractivity contribution < 1.29 is 4.74 Å². The fraction of sp³-hybridized carbons (Fsp3) is 0.385. The molecular weight excluding hydrogens is 172 g/mol. The van der Waals surface area contributed by atoms with E-state index in [2.05, 4.69) is 12.1 Å². The van der Waals surface area contributed by atoms with Gasteiger partial charge in [0.1, 0.15) is 11.9 Å². The van der Waals surface area contributed by atoms with Crippen LogP contribution in [0.2, 0.25) is 0 Å². The molecule has 1 aromatic rings. The molecule has 0 N–H and O–H groups in total. The van der Waals surface area contributed by atoms with Crippen LogP contribution in [0.1, 0.15) is 24.8 Å². The maximum Gasteiger partial charge on any atom is 0.123 e. The van der Waals surface area contributed by atoms with Crippen LogP contribution in [0.25, 0.3) is 0 Å². The lowest BCUT2D eigenvalue weighted by atomic mass is 10.1. The molecule has 1 unspecified atom stereocenters. The molecule has 0 saturated carbocycles. The smallest absolute Gasteiger partial charge is 0.123 e. The van der Waals surface area contributed by atoms with Crippen molar-refractivity contribution in [2.45, 2.75) is 31.8 Å².